The van der Waals surface area contributed by atoms with Crippen molar-refractivity contribution in [2.24, 2.45) is 0 Å². The van der Waals surface area contributed by atoms with Crippen molar-refractivity contribution in [2.75, 3.05) is 23.4 Å². The van der Waals surface area contributed by atoms with E-state index < -0.39 is 10.0 Å². The maximum absolute atomic E-state index is 12.6. The Labute approximate surface area is 174 Å². The molecule has 0 saturated carbocycles. The molecule has 0 aliphatic rings. The second kappa shape index (κ2) is 9.02. The molecule has 0 fully saturated rings. The van der Waals surface area contributed by atoms with E-state index in [1.807, 2.05) is 24.5 Å². The highest BCUT2D eigenvalue weighted by Gasteiger charge is 2.17. The number of carbonyl (C=O) groups is 1. The molecule has 3 aromatic carbocycles. The Morgan fingerprint density at radius 1 is 0.966 bits per heavy atom. The minimum absolute atomic E-state index is 0.0457. The van der Waals surface area contributed by atoms with Crippen molar-refractivity contribution in [3.05, 3.63) is 78.4 Å². The number of thioether (sulfide) groups is 1. The number of hydrogen-bond donors (Lipinski definition) is 2. The SMILES string of the molecule is COc1ccccc1NS(=O)(=O)c1ccc(C(=O)Nc2cccc(SC)c2)cc1. The second-order valence-corrected chi connectivity index (χ2v) is 8.58. The van der Waals surface area contributed by atoms with Gasteiger partial charge in [-0.3, -0.25) is 9.52 Å². The zero-order chi connectivity index (χ0) is 20.9. The number of benzene rings is 3. The minimum atomic E-state index is -3.82. The Bertz CT molecular complexity index is 1110. The lowest BCUT2D eigenvalue weighted by molar-refractivity contribution is 0.102. The summed E-state index contributed by atoms with van der Waals surface area (Å²) in [6, 6.07) is 20.0. The third-order valence-electron chi connectivity index (χ3n) is 4.11. The van der Waals surface area contributed by atoms with E-state index in [4.69, 9.17) is 4.74 Å². The van der Waals surface area contributed by atoms with Crippen LogP contribution >= 0.6 is 11.8 Å². The Kier molecular flexibility index (Phi) is 6.46. The fourth-order valence-corrected chi connectivity index (χ4v) is 4.15. The van der Waals surface area contributed by atoms with Crippen molar-refractivity contribution < 1.29 is 17.9 Å². The molecule has 0 aliphatic heterocycles. The summed E-state index contributed by atoms with van der Waals surface area (Å²) in [5, 5.41) is 2.81. The quantitative estimate of drug-likeness (QED) is 0.543. The van der Waals surface area contributed by atoms with Crippen LogP contribution in [0.25, 0.3) is 0 Å². The number of rotatable bonds is 7. The normalized spacial score (nSPS) is 11.0. The average Bonchev–Trinajstić information content (AvgIpc) is 2.74. The number of sulfonamides is 1. The lowest BCUT2D eigenvalue weighted by Gasteiger charge is -2.12. The van der Waals surface area contributed by atoms with E-state index in [1.165, 1.54) is 31.4 Å². The van der Waals surface area contributed by atoms with Gasteiger partial charge in [-0.25, -0.2) is 8.42 Å². The van der Waals surface area contributed by atoms with Crippen LogP contribution in [0.2, 0.25) is 0 Å². The van der Waals surface area contributed by atoms with E-state index in [0.29, 0.717) is 22.7 Å². The smallest absolute Gasteiger partial charge is 0.262 e. The number of methoxy groups -OCH3 is 1. The summed E-state index contributed by atoms with van der Waals surface area (Å²) < 4.78 is 33.0. The Morgan fingerprint density at radius 3 is 2.38 bits per heavy atom. The van der Waals surface area contributed by atoms with Crippen LogP contribution in [0.1, 0.15) is 10.4 Å². The van der Waals surface area contributed by atoms with Crippen molar-refractivity contribution in [3.8, 4) is 5.75 Å². The van der Waals surface area contributed by atoms with Gasteiger partial charge in [0, 0.05) is 16.1 Å². The maximum atomic E-state index is 12.6. The standard InChI is InChI=1S/C21H20N2O4S2/c1-27-20-9-4-3-8-19(20)23-29(25,26)18-12-10-15(11-13-18)21(24)22-16-6-5-7-17(14-16)28-2/h3-14,23H,1-2H3,(H,22,24). The zero-order valence-corrected chi connectivity index (χ0v) is 17.5. The molecule has 2 N–H and O–H groups in total. The number of carbonyl (C=O) groups excluding carboxylic acids is 1. The molecule has 0 unspecified atom stereocenters. The van der Waals surface area contributed by atoms with Crippen LogP contribution in [0.4, 0.5) is 11.4 Å². The Morgan fingerprint density at radius 2 is 1.69 bits per heavy atom. The zero-order valence-electron chi connectivity index (χ0n) is 15.9. The first-order valence-electron chi connectivity index (χ1n) is 8.64. The molecular formula is C21H20N2O4S2. The van der Waals surface area contributed by atoms with E-state index in [1.54, 1.807) is 42.1 Å². The van der Waals surface area contributed by atoms with Gasteiger partial charge in [-0.05, 0) is 60.9 Å². The van der Waals surface area contributed by atoms with E-state index in [-0.39, 0.29) is 10.8 Å². The fourth-order valence-electron chi connectivity index (χ4n) is 2.62. The largest absolute Gasteiger partial charge is 0.495 e. The molecule has 8 heteroatoms. The number of para-hydroxylation sites is 2. The molecule has 0 atom stereocenters. The summed E-state index contributed by atoms with van der Waals surface area (Å²) in [5.41, 5.74) is 1.37. The van der Waals surface area contributed by atoms with Crippen molar-refractivity contribution in [1.82, 2.24) is 0 Å². The molecule has 0 radical (unpaired) electrons. The fraction of sp³-hybridized carbons (Fsp3) is 0.0952. The predicted molar refractivity (Wildman–Crippen MR) is 116 cm³/mol. The van der Waals surface area contributed by atoms with Crippen LogP contribution in [0.3, 0.4) is 0 Å². The molecule has 0 spiro atoms. The summed E-state index contributed by atoms with van der Waals surface area (Å²) in [6.07, 6.45) is 1.96. The topological polar surface area (TPSA) is 84.5 Å². The Hall–Kier alpha value is -2.97. The minimum Gasteiger partial charge on any atom is -0.495 e. The van der Waals surface area contributed by atoms with Crippen LogP contribution in [-0.4, -0.2) is 27.7 Å². The molecule has 0 bridgehead atoms. The van der Waals surface area contributed by atoms with Gasteiger partial charge >= 0.3 is 0 Å². The van der Waals surface area contributed by atoms with Crippen molar-refractivity contribution in [2.45, 2.75) is 9.79 Å². The molecule has 150 valence electrons. The molecule has 0 aliphatic carbocycles. The highest BCUT2D eigenvalue weighted by atomic mass is 32.2. The van der Waals surface area contributed by atoms with Crippen LogP contribution < -0.4 is 14.8 Å². The van der Waals surface area contributed by atoms with E-state index in [0.717, 1.165) is 4.90 Å². The van der Waals surface area contributed by atoms with Gasteiger partial charge in [0.05, 0.1) is 17.7 Å². The monoisotopic (exact) mass is 428 g/mol. The van der Waals surface area contributed by atoms with Gasteiger partial charge in [-0.15, -0.1) is 11.8 Å². The summed E-state index contributed by atoms with van der Waals surface area (Å²) >= 11 is 1.58. The second-order valence-electron chi connectivity index (χ2n) is 6.02. The van der Waals surface area contributed by atoms with Gasteiger partial charge in [0.25, 0.3) is 15.9 Å². The Balaban J connectivity index is 1.75. The van der Waals surface area contributed by atoms with Gasteiger partial charge < -0.3 is 10.1 Å². The van der Waals surface area contributed by atoms with Crippen LogP contribution in [-0.2, 0) is 10.0 Å². The average molecular weight is 429 g/mol. The first kappa shape index (κ1) is 20.8. The summed E-state index contributed by atoms with van der Waals surface area (Å²) in [5.74, 6) is 0.101. The lowest BCUT2D eigenvalue weighted by atomic mass is 10.2. The number of ether oxygens (including phenoxy) is 1. The molecule has 3 aromatic rings. The van der Waals surface area contributed by atoms with Crippen molar-refractivity contribution in [3.63, 3.8) is 0 Å². The molecular weight excluding hydrogens is 408 g/mol. The highest BCUT2D eigenvalue weighted by Crippen LogP contribution is 2.26. The van der Waals surface area contributed by atoms with E-state index in [2.05, 4.69) is 10.0 Å². The third kappa shape index (κ3) is 5.10. The number of hydrogen-bond acceptors (Lipinski definition) is 5. The third-order valence-corrected chi connectivity index (χ3v) is 6.21. The number of nitrogens with one attached hydrogen (secondary N) is 2. The van der Waals surface area contributed by atoms with Crippen molar-refractivity contribution >= 4 is 39.1 Å². The molecule has 0 saturated heterocycles. The van der Waals surface area contributed by atoms with Crippen molar-refractivity contribution in [1.29, 1.82) is 0 Å². The van der Waals surface area contributed by atoms with Crippen LogP contribution in [0, 0.1) is 0 Å². The molecule has 1 amide bonds. The van der Waals surface area contributed by atoms with Gasteiger partial charge in [-0.2, -0.15) is 0 Å². The number of amides is 1. The summed E-state index contributed by atoms with van der Waals surface area (Å²) in [7, 11) is -2.35. The van der Waals surface area contributed by atoms with E-state index in [9.17, 15) is 13.2 Å². The molecule has 0 aromatic heterocycles. The first-order valence-corrected chi connectivity index (χ1v) is 11.3. The number of anilines is 2. The van der Waals surface area contributed by atoms with Gasteiger partial charge in [-0.1, -0.05) is 18.2 Å². The predicted octanol–water partition coefficient (Wildman–Crippen LogP) is 4.47. The highest BCUT2D eigenvalue weighted by molar-refractivity contribution is 7.98. The van der Waals surface area contributed by atoms with E-state index >= 15 is 0 Å². The van der Waals surface area contributed by atoms with Gasteiger partial charge in [0.2, 0.25) is 0 Å². The molecule has 0 heterocycles. The molecule has 6 nitrogen and oxygen atoms in total. The lowest BCUT2D eigenvalue weighted by Crippen LogP contribution is -2.15. The molecule has 29 heavy (non-hydrogen) atoms. The van der Waals surface area contributed by atoms with Gasteiger partial charge in [0.15, 0.2) is 0 Å². The summed E-state index contributed by atoms with van der Waals surface area (Å²) in [6.45, 7) is 0. The summed E-state index contributed by atoms with van der Waals surface area (Å²) in [4.78, 5) is 13.5. The van der Waals surface area contributed by atoms with Crippen LogP contribution in [0.5, 0.6) is 5.75 Å². The maximum Gasteiger partial charge on any atom is 0.262 e. The molecule has 3 rings (SSSR count). The van der Waals surface area contributed by atoms with Gasteiger partial charge in [0.1, 0.15) is 5.75 Å². The van der Waals surface area contributed by atoms with Crippen LogP contribution in [0.15, 0.2) is 82.6 Å². The first-order chi connectivity index (χ1) is 13.9.